The minimum atomic E-state index is -0.707. The summed E-state index contributed by atoms with van der Waals surface area (Å²) in [7, 11) is -0.222. The highest BCUT2D eigenvalue weighted by Gasteiger charge is 2.34. The van der Waals surface area contributed by atoms with Crippen LogP contribution >= 0.6 is 7.92 Å². The second-order valence-corrected chi connectivity index (χ2v) is 9.60. The minimum absolute atomic E-state index is 0.222. The Labute approximate surface area is 164 Å². The zero-order valence-electron chi connectivity index (χ0n) is 16.4. The average molecular weight is 386 g/mol. The molecule has 4 heteroatoms. The van der Waals surface area contributed by atoms with E-state index in [-0.39, 0.29) is 14.3 Å². The number of carbonyl (C=O) groups is 1. The van der Waals surface area contributed by atoms with Crippen LogP contribution < -0.4 is 0 Å². The van der Waals surface area contributed by atoms with E-state index >= 15 is 0 Å². The fraction of sp³-hybridized carbons (Fsp3) is 0.435. The van der Waals surface area contributed by atoms with Gasteiger partial charge in [0.2, 0.25) is 0 Å². The van der Waals surface area contributed by atoms with E-state index in [9.17, 15) is 4.79 Å². The summed E-state index contributed by atoms with van der Waals surface area (Å²) in [6.07, 6.45) is 12.8. The molecule has 0 amide bonds. The van der Waals surface area contributed by atoms with Gasteiger partial charge in [0.1, 0.15) is 5.85 Å². The number of carboxylic acids is 1. The highest BCUT2D eigenvalue weighted by molar-refractivity contribution is 7.58. The summed E-state index contributed by atoms with van der Waals surface area (Å²) in [6.45, 7) is 8.04. The number of hydrogen-bond acceptors (Lipinski definition) is 2. The Bertz CT molecular complexity index is 675. The largest absolute Gasteiger partial charge is 0.491 e. The fourth-order valence-corrected chi connectivity index (χ4v) is 5.98. The van der Waals surface area contributed by atoms with Crippen LogP contribution in [0.2, 0.25) is 0 Å². The van der Waals surface area contributed by atoms with Crippen LogP contribution in [-0.4, -0.2) is 23.6 Å². The van der Waals surface area contributed by atoms with Gasteiger partial charge in [-0.2, -0.15) is 0 Å². The summed E-state index contributed by atoms with van der Waals surface area (Å²) in [5.41, 5.74) is 3.31. The summed E-state index contributed by atoms with van der Waals surface area (Å²) in [5, 5.41) is 8.70. The lowest BCUT2D eigenvalue weighted by Gasteiger charge is -2.23. The molecule has 1 aromatic carbocycles. The SMILES string of the molecule is C=C/C=C\C=C(/C)OC1CCC(c2ccc(CCCCC(=O)O)cc2)P1C. The van der Waals surface area contributed by atoms with Crippen molar-refractivity contribution >= 4 is 13.9 Å². The number of aryl methyl sites for hydroxylation is 1. The molecule has 0 radical (unpaired) electrons. The summed E-state index contributed by atoms with van der Waals surface area (Å²) in [4.78, 5) is 10.6. The molecule has 2 rings (SSSR count). The fourth-order valence-electron chi connectivity index (χ4n) is 3.49. The number of allylic oxidation sites excluding steroid dienone is 5. The molecule has 1 aliphatic heterocycles. The Morgan fingerprint density at radius 2 is 2.00 bits per heavy atom. The predicted molar refractivity (Wildman–Crippen MR) is 114 cm³/mol. The summed E-state index contributed by atoms with van der Waals surface area (Å²) in [6, 6.07) is 8.93. The molecule has 1 heterocycles. The Balaban J connectivity index is 1.87. The van der Waals surface area contributed by atoms with Crippen LogP contribution in [0.25, 0.3) is 0 Å². The van der Waals surface area contributed by atoms with Crippen LogP contribution in [0.5, 0.6) is 0 Å². The first-order valence-corrected chi connectivity index (χ1v) is 11.6. The van der Waals surface area contributed by atoms with Crippen molar-refractivity contribution in [2.24, 2.45) is 0 Å². The molecule has 0 bridgehead atoms. The van der Waals surface area contributed by atoms with Gasteiger partial charge in [-0.15, -0.1) is 0 Å². The predicted octanol–water partition coefficient (Wildman–Crippen LogP) is 6.42. The van der Waals surface area contributed by atoms with Gasteiger partial charge in [0.25, 0.3) is 0 Å². The van der Waals surface area contributed by atoms with Gasteiger partial charge >= 0.3 is 5.97 Å². The summed E-state index contributed by atoms with van der Waals surface area (Å²) in [5.74, 6) is 0.584. The lowest BCUT2D eigenvalue weighted by Crippen LogP contribution is -2.04. The normalized spacial score (nSPS) is 22.9. The van der Waals surface area contributed by atoms with E-state index in [2.05, 4.69) is 37.5 Å². The smallest absolute Gasteiger partial charge is 0.303 e. The molecule has 3 unspecified atom stereocenters. The molecular formula is C23H31O3P. The maximum Gasteiger partial charge on any atom is 0.303 e. The molecule has 1 saturated heterocycles. The van der Waals surface area contributed by atoms with Crippen molar-refractivity contribution in [3.05, 3.63) is 72.0 Å². The lowest BCUT2D eigenvalue weighted by atomic mass is 10.0. The van der Waals surface area contributed by atoms with Crippen molar-refractivity contribution in [3.63, 3.8) is 0 Å². The third-order valence-corrected chi connectivity index (χ3v) is 7.82. The molecule has 0 spiro atoms. The number of ether oxygens (including phenoxy) is 1. The average Bonchev–Trinajstić information content (AvgIpc) is 3.00. The number of aliphatic carboxylic acids is 1. The van der Waals surface area contributed by atoms with Crippen molar-refractivity contribution in [1.82, 2.24) is 0 Å². The maximum atomic E-state index is 10.6. The molecule has 3 atom stereocenters. The molecule has 0 aromatic heterocycles. The van der Waals surface area contributed by atoms with Crippen molar-refractivity contribution in [1.29, 1.82) is 0 Å². The van der Waals surface area contributed by atoms with E-state index in [1.165, 1.54) is 17.5 Å². The first-order valence-electron chi connectivity index (χ1n) is 9.66. The van der Waals surface area contributed by atoms with E-state index in [1.54, 1.807) is 6.08 Å². The first kappa shape index (κ1) is 21.4. The zero-order valence-corrected chi connectivity index (χ0v) is 17.3. The van der Waals surface area contributed by atoms with E-state index in [1.807, 2.05) is 25.2 Å². The molecule has 0 aliphatic carbocycles. The minimum Gasteiger partial charge on any atom is -0.491 e. The molecule has 0 saturated carbocycles. The molecule has 1 fully saturated rings. The molecular weight excluding hydrogens is 355 g/mol. The number of hydrogen-bond donors (Lipinski definition) is 1. The zero-order chi connectivity index (χ0) is 19.6. The van der Waals surface area contributed by atoms with Gasteiger partial charge in [0, 0.05) is 12.1 Å². The number of carboxylic acid groups (broad SMARTS) is 1. The molecule has 27 heavy (non-hydrogen) atoms. The number of unbranched alkanes of at least 4 members (excludes halogenated alkanes) is 1. The highest BCUT2D eigenvalue weighted by atomic mass is 31.1. The molecule has 3 nitrogen and oxygen atoms in total. The van der Waals surface area contributed by atoms with Crippen molar-refractivity contribution in [3.8, 4) is 0 Å². The van der Waals surface area contributed by atoms with Crippen LogP contribution in [-0.2, 0) is 16.0 Å². The quantitative estimate of drug-likeness (QED) is 0.218. The maximum absolute atomic E-state index is 10.6. The van der Waals surface area contributed by atoms with Gasteiger partial charge in [0.15, 0.2) is 0 Å². The van der Waals surface area contributed by atoms with Gasteiger partial charge < -0.3 is 9.84 Å². The monoisotopic (exact) mass is 386 g/mol. The molecule has 1 aromatic rings. The third-order valence-electron chi connectivity index (χ3n) is 5.00. The highest BCUT2D eigenvalue weighted by Crippen LogP contribution is 2.61. The van der Waals surface area contributed by atoms with Crippen LogP contribution in [0, 0.1) is 0 Å². The second-order valence-electron chi connectivity index (χ2n) is 7.07. The first-order chi connectivity index (χ1) is 13.0. The van der Waals surface area contributed by atoms with Gasteiger partial charge in [0.05, 0.1) is 5.76 Å². The van der Waals surface area contributed by atoms with E-state index in [0.29, 0.717) is 11.5 Å². The Kier molecular flexibility index (Phi) is 8.81. The second kappa shape index (κ2) is 11.1. The Hall–Kier alpha value is -1.86. The molecule has 1 aliphatic rings. The van der Waals surface area contributed by atoms with Crippen molar-refractivity contribution in [2.45, 2.75) is 57.0 Å². The molecule has 1 N–H and O–H groups in total. The van der Waals surface area contributed by atoms with E-state index in [0.717, 1.165) is 31.4 Å². The van der Waals surface area contributed by atoms with Crippen LogP contribution in [0.1, 0.15) is 55.8 Å². The number of benzene rings is 1. The van der Waals surface area contributed by atoms with Crippen molar-refractivity contribution < 1.29 is 14.6 Å². The van der Waals surface area contributed by atoms with Gasteiger partial charge in [-0.25, -0.2) is 0 Å². The van der Waals surface area contributed by atoms with E-state index < -0.39 is 5.97 Å². The third kappa shape index (κ3) is 6.99. The van der Waals surface area contributed by atoms with E-state index in [4.69, 9.17) is 9.84 Å². The van der Waals surface area contributed by atoms with Gasteiger partial charge in [-0.1, -0.05) is 57.0 Å². The lowest BCUT2D eigenvalue weighted by molar-refractivity contribution is -0.137. The Morgan fingerprint density at radius 3 is 2.67 bits per heavy atom. The summed E-state index contributed by atoms with van der Waals surface area (Å²) < 4.78 is 6.19. The van der Waals surface area contributed by atoms with Crippen LogP contribution in [0.15, 0.2) is 60.9 Å². The topological polar surface area (TPSA) is 46.5 Å². The Morgan fingerprint density at radius 1 is 1.26 bits per heavy atom. The molecule has 146 valence electrons. The van der Waals surface area contributed by atoms with Crippen LogP contribution in [0.4, 0.5) is 0 Å². The summed E-state index contributed by atoms with van der Waals surface area (Å²) >= 11 is 0. The number of rotatable bonds is 10. The van der Waals surface area contributed by atoms with Gasteiger partial charge in [-0.05, 0) is 62.9 Å². The standard InChI is InChI=1S/C23H31O3P/c1-4-5-6-9-18(2)26-23-17-16-21(27(23)3)20-14-12-19(13-15-20)10-7-8-11-22(24)25/h4-6,9,12-15,21,23H,1,7-8,10-11,16-17H2,2-3H3,(H,24,25)/b6-5-,18-9+. The van der Waals surface area contributed by atoms with Gasteiger partial charge in [-0.3, -0.25) is 4.79 Å². The van der Waals surface area contributed by atoms with Crippen molar-refractivity contribution in [2.75, 3.05) is 6.66 Å². The van der Waals surface area contributed by atoms with Crippen LogP contribution in [0.3, 0.4) is 0 Å².